The highest BCUT2D eigenvalue weighted by Crippen LogP contribution is 2.35. The maximum atomic E-state index is 14.4. The van der Waals surface area contributed by atoms with Crippen LogP contribution in [0.5, 0.6) is 5.75 Å². The van der Waals surface area contributed by atoms with Crippen LogP contribution in [-0.4, -0.2) is 15.5 Å². The van der Waals surface area contributed by atoms with Crippen LogP contribution in [0.2, 0.25) is 5.02 Å². The van der Waals surface area contributed by atoms with Gasteiger partial charge in [0.05, 0.1) is 28.8 Å². The van der Waals surface area contributed by atoms with E-state index in [2.05, 4.69) is 0 Å². The minimum absolute atomic E-state index is 0.195. The van der Waals surface area contributed by atoms with Crippen molar-refractivity contribution in [2.24, 2.45) is 0 Å². The lowest BCUT2D eigenvalue weighted by Gasteiger charge is -2.31. The molecule has 0 aliphatic heterocycles. The first-order valence-corrected chi connectivity index (χ1v) is 10.5. The van der Waals surface area contributed by atoms with E-state index in [-0.39, 0.29) is 15.5 Å². The van der Waals surface area contributed by atoms with Gasteiger partial charge in [-0.05, 0) is 55.5 Å². The lowest BCUT2D eigenvalue weighted by Crippen LogP contribution is -2.34. The van der Waals surface area contributed by atoms with Gasteiger partial charge in [-0.15, -0.1) is 0 Å². The molecule has 152 valence electrons. The molecule has 3 aromatic rings. The van der Waals surface area contributed by atoms with Crippen molar-refractivity contribution >= 4 is 27.3 Å². The van der Waals surface area contributed by atoms with Gasteiger partial charge in [-0.1, -0.05) is 29.8 Å². The number of nitrogens with zero attached hydrogens (tertiary/aromatic N) is 1. The first kappa shape index (κ1) is 21.1. The summed E-state index contributed by atoms with van der Waals surface area (Å²) in [6, 6.07) is 14.5. The second-order valence-electron chi connectivity index (χ2n) is 6.27. The molecule has 0 spiro atoms. The zero-order chi connectivity index (χ0) is 21.2. The number of anilines is 1. The first-order chi connectivity index (χ1) is 13.8. The van der Waals surface area contributed by atoms with Crippen LogP contribution in [0.15, 0.2) is 71.6 Å². The number of ether oxygens (including phenoxy) is 1. The third-order valence-corrected chi connectivity index (χ3v) is 6.67. The molecule has 0 aliphatic rings. The van der Waals surface area contributed by atoms with E-state index in [1.807, 2.05) is 0 Å². The number of rotatable bonds is 6. The van der Waals surface area contributed by atoms with Crippen LogP contribution in [0.1, 0.15) is 18.5 Å². The molecule has 8 heteroatoms. The molecule has 0 aromatic heterocycles. The van der Waals surface area contributed by atoms with Gasteiger partial charge in [0.25, 0.3) is 10.0 Å². The molecule has 0 fully saturated rings. The second kappa shape index (κ2) is 8.39. The maximum absolute atomic E-state index is 14.4. The first-order valence-electron chi connectivity index (χ1n) is 8.63. The molecule has 1 atom stereocenters. The minimum atomic E-state index is -4.20. The van der Waals surface area contributed by atoms with Gasteiger partial charge >= 0.3 is 0 Å². The number of halogens is 3. The second-order valence-corrected chi connectivity index (χ2v) is 8.49. The predicted molar refractivity (Wildman–Crippen MR) is 109 cm³/mol. The van der Waals surface area contributed by atoms with E-state index in [9.17, 15) is 17.2 Å². The summed E-state index contributed by atoms with van der Waals surface area (Å²) in [5.41, 5.74) is 0.488. The van der Waals surface area contributed by atoms with Gasteiger partial charge in [-0.3, -0.25) is 4.31 Å². The Kier molecular flexibility index (Phi) is 6.10. The van der Waals surface area contributed by atoms with Crippen molar-refractivity contribution in [1.82, 2.24) is 0 Å². The summed E-state index contributed by atoms with van der Waals surface area (Å²) in [7, 11) is -2.71. The monoisotopic (exact) mass is 437 g/mol. The molecule has 0 aliphatic carbocycles. The standard InChI is InChI=1S/C21H18ClF2NO3S/c1-14(18-5-3-4-6-20(18)23)25(15-7-9-16(28-2)10-8-15)29(26,27)17-11-12-21(24)19(22)13-17/h3-14H,1-2H3/t14-/m0/s1. The summed E-state index contributed by atoms with van der Waals surface area (Å²) in [5, 5.41) is -0.320. The van der Waals surface area contributed by atoms with Gasteiger partial charge in [0.2, 0.25) is 0 Å². The van der Waals surface area contributed by atoms with Gasteiger partial charge in [-0.2, -0.15) is 0 Å². The normalized spacial score (nSPS) is 12.4. The Morgan fingerprint density at radius 2 is 1.62 bits per heavy atom. The Morgan fingerprint density at radius 3 is 2.21 bits per heavy atom. The Morgan fingerprint density at radius 1 is 0.966 bits per heavy atom. The summed E-state index contributed by atoms with van der Waals surface area (Å²) in [5.74, 6) is -0.732. The lowest BCUT2D eigenvalue weighted by atomic mass is 10.1. The van der Waals surface area contributed by atoms with E-state index < -0.39 is 27.7 Å². The number of methoxy groups -OCH3 is 1. The van der Waals surface area contributed by atoms with E-state index >= 15 is 0 Å². The molecule has 0 N–H and O–H groups in total. The average Bonchev–Trinajstić information content (AvgIpc) is 2.70. The molecule has 0 unspecified atom stereocenters. The molecule has 3 rings (SSSR count). The van der Waals surface area contributed by atoms with Crippen LogP contribution in [0.3, 0.4) is 0 Å². The van der Waals surface area contributed by atoms with Crippen molar-refractivity contribution in [3.05, 3.63) is 89.0 Å². The number of hydrogen-bond acceptors (Lipinski definition) is 3. The third-order valence-electron chi connectivity index (χ3n) is 4.48. The largest absolute Gasteiger partial charge is 0.497 e. The summed E-state index contributed by atoms with van der Waals surface area (Å²) in [4.78, 5) is -0.206. The third kappa shape index (κ3) is 4.21. The van der Waals surface area contributed by atoms with Crippen LogP contribution >= 0.6 is 11.6 Å². The molecule has 0 radical (unpaired) electrons. The van der Waals surface area contributed by atoms with E-state index in [4.69, 9.17) is 16.3 Å². The zero-order valence-electron chi connectivity index (χ0n) is 15.6. The molecule has 29 heavy (non-hydrogen) atoms. The van der Waals surface area contributed by atoms with Crippen LogP contribution in [0.4, 0.5) is 14.5 Å². The topological polar surface area (TPSA) is 46.6 Å². The van der Waals surface area contributed by atoms with Gasteiger partial charge in [0.15, 0.2) is 0 Å². The summed E-state index contributed by atoms with van der Waals surface area (Å²) < 4.78 is 61.1. The van der Waals surface area contributed by atoms with Crippen molar-refractivity contribution in [2.75, 3.05) is 11.4 Å². The predicted octanol–water partition coefficient (Wildman–Crippen LogP) is 5.58. The van der Waals surface area contributed by atoms with Crippen LogP contribution in [0.25, 0.3) is 0 Å². The number of sulfonamides is 1. The van der Waals surface area contributed by atoms with Gasteiger partial charge in [0.1, 0.15) is 17.4 Å². The fourth-order valence-electron chi connectivity index (χ4n) is 2.99. The molecular formula is C21H18ClF2NO3S. The molecule has 3 aromatic carbocycles. The van der Waals surface area contributed by atoms with Crippen LogP contribution in [-0.2, 0) is 10.0 Å². The molecule has 0 bridgehead atoms. The molecule has 0 saturated heterocycles. The Bertz CT molecular complexity index is 1120. The Hall–Kier alpha value is -2.64. The number of benzene rings is 3. The van der Waals surface area contributed by atoms with Crippen LogP contribution in [0, 0.1) is 11.6 Å². The van der Waals surface area contributed by atoms with Gasteiger partial charge in [-0.25, -0.2) is 17.2 Å². The van der Waals surface area contributed by atoms with E-state index in [1.165, 1.54) is 25.3 Å². The highest BCUT2D eigenvalue weighted by Gasteiger charge is 2.32. The zero-order valence-corrected chi connectivity index (χ0v) is 17.2. The number of hydrogen-bond donors (Lipinski definition) is 0. The molecule has 0 amide bonds. The van der Waals surface area contributed by atoms with Crippen molar-refractivity contribution in [3.8, 4) is 5.75 Å². The average molecular weight is 438 g/mol. The summed E-state index contributed by atoms with van der Waals surface area (Å²) in [6.07, 6.45) is 0. The minimum Gasteiger partial charge on any atom is -0.497 e. The molecule has 4 nitrogen and oxygen atoms in total. The highest BCUT2D eigenvalue weighted by atomic mass is 35.5. The molecule has 0 heterocycles. The lowest BCUT2D eigenvalue weighted by molar-refractivity contribution is 0.415. The smallest absolute Gasteiger partial charge is 0.264 e. The Balaban J connectivity index is 2.18. The van der Waals surface area contributed by atoms with Gasteiger partial charge < -0.3 is 4.74 Å². The fraction of sp³-hybridized carbons (Fsp3) is 0.143. The maximum Gasteiger partial charge on any atom is 0.264 e. The Labute approximate surface area is 173 Å². The van der Waals surface area contributed by atoms with Crippen molar-refractivity contribution in [1.29, 1.82) is 0 Å². The molecule has 0 saturated carbocycles. The summed E-state index contributed by atoms with van der Waals surface area (Å²) >= 11 is 5.80. The van der Waals surface area contributed by atoms with Crippen LogP contribution < -0.4 is 9.04 Å². The van der Waals surface area contributed by atoms with E-state index in [0.717, 1.165) is 22.5 Å². The quantitative estimate of drug-likeness (QED) is 0.505. The van der Waals surface area contributed by atoms with Gasteiger partial charge in [0, 0.05) is 5.56 Å². The van der Waals surface area contributed by atoms with E-state index in [1.54, 1.807) is 37.3 Å². The van der Waals surface area contributed by atoms with Crippen molar-refractivity contribution < 1.29 is 21.9 Å². The molecular weight excluding hydrogens is 420 g/mol. The highest BCUT2D eigenvalue weighted by molar-refractivity contribution is 7.92. The fourth-order valence-corrected chi connectivity index (χ4v) is 4.90. The van der Waals surface area contributed by atoms with Crippen molar-refractivity contribution in [3.63, 3.8) is 0 Å². The summed E-state index contributed by atoms with van der Waals surface area (Å²) in [6.45, 7) is 1.57. The van der Waals surface area contributed by atoms with E-state index in [0.29, 0.717) is 11.4 Å². The SMILES string of the molecule is COc1ccc(N([C@@H](C)c2ccccc2F)S(=O)(=O)c2ccc(F)c(Cl)c2)cc1. The van der Waals surface area contributed by atoms with Crippen molar-refractivity contribution in [2.45, 2.75) is 17.9 Å².